The first-order valence-corrected chi connectivity index (χ1v) is 6.11. The standard InChI is InChI=1S/C11H22OS/c1-10(2,8-12)7-9-5-6-13-11(9,3)4/h9,12H,5-8H2,1-4H3. The van der Waals surface area contributed by atoms with Crippen LogP contribution in [0.1, 0.15) is 40.5 Å². The molecular formula is C11H22OS. The Morgan fingerprint density at radius 2 is 2.08 bits per heavy atom. The van der Waals surface area contributed by atoms with Crippen LogP contribution in [-0.4, -0.2) is 22.2 Å². The fourth-order valence-corrected chi connectivity index (χ4v) is 3.37. The van der Waals surface area contributed by atoms with E-state index in [1.165, 1.54) is 12.2 Å². The van der Waals surface area contributed by atoms with Gasteiger partial charge in [-0.2, -0.15) is 11.8 Å². The zero-order chi connectivity index (χ0) is 10.1. The first-order chi connectivity index (χ1) is 5.87. The largest absolute Gasteiger partial charge is 0.396 e. The van der Waals surface area contributed by atoms with Crippen LogP contribution in [0, 0.1) is 11.3 Å². The van der Waals surface area contributed by atoms with Crippen molar-refractivity contribution < 1.29 is 5.11 Å². The van der Waals surface area contributed by atoms with Gasteiger partial charge in [-0.05, 0) is 29.9 Å². The van der Waals surface area contributed by atoms with Crippen LogP contribution in [0.15, 0.2) is 0 Å². The molecule has 0 radical (unpaired) electrons. The summed E-state index contributed by atoms with van der Waals surface area (Å²) >= 11 is 2.08. The summed E-state index contributed by atoms with van der Waals surface area (Å²) in [6, 6.07) is 0. The van der Waals surface area contributed by atoms with Crippen molar-refractivity contribution in [2.45, 2.75) is 45.3 Å². The van der Waals surface area contributed by atoms with Gasteiger partial charge in [-0.15, -0.1) is 0 Å². The zero-order valence-electron chi connectivity index (χ0n) is 9.26. The Morgan fingerprint density at radius 3 is 2.46 bits per heavy atom. The van der Waals surface area contributed by atoms with Gasteiger partial charge in [0.05, 0.1) is 0 Å². The van der Waals surface area contributed by atoms with E-state index in [2.05, 4.69) is 39.5 Å². The quantitative estimate of drug-likeness (QED) is 0.759. The van der Waals surface area contributed by atoms with Crippen LogP contribution in [0.4, 0.5) is 0 Å². The lowest BCUT2D eigenvalue weighted by molar-refractivity contribution is 0.123. The molecule has 1 N–H and O–H groups in total. The molecule has 1 unspecified atom stereocenters. The van der Waals surface area contributed by atoms with Gasteiger partial charge in [-0.3, -0.25) is 0 Å². The molecule has 0 spiro atoms. The molecule has 1 atom stereocenters. The molecule has 0 bridgehead atoms. The highest BCUT2D eigenvalue weighted by molar-refractivity contribution is 8.00. The molecule has 1 rings (SSSR count). The molecule has 1 aliphatic rings. The molecule has 0 aromatic heterocycles. The average molecular weight is 202 g/mol. The first kappa shape index (κ1) is 11.4. The van der Waals surface area contributed by atoms with E-state index in [4.69, 9.17) is 0 Å². The highest BCUT2D eigenvalue weighted by Gasteiger charge is 2.38. The van der Waals surface area contributed by atoms with Gasteiger partial charge in [-0.25, -0.2) is 0 Å². The van der Waals surface area contributed by atoms with Crippen molar-refractivity contribution in [3.8, 4) is 0 Å². The third-order valence-electron chi connectivity index (χ3n) is 3.15. The van der Waals surface area contributed by atoms with Crippen molar-refractivity contribution in [3.63, 3.8) is 0 Å². The van der Waals surface area contributed by atoms with E-state index in [1.54, 1.807) is 0 Å². The van der Waals surface area contributed by atoms with Crippen LogP contribution >= 0.6 is 11.8 Å². The predicted octanol–water partition coefficient (Wildman–Crippen LogP) is 2.93. The highest BCUT2D eigenvalue weighted by Crippen LogP contribution is 2.47. The van der Waals surface area contributed by atoms with Crippen molar-refractivity contribution in [2.75, 3.05) is 12.4 Å². The highest BCUT2D eigenvalue weighted by atomic mass is 32.2. The third-order valence-corrected chi connectivity index (χ3v) is 4.67. The Labute approximate surface area is 86.3 Å². The Hall–Kier alpha value is 0.310. The summed E-state index contributed by atoms with van der Waals surface area (Å²) in [7, 11) is 0. The summed E-state index contributed by atoms with van der Waals surface area (Å²) in [6.07, 6.45) is 2.48. The molecule has 13 heavy (non-hydrogen) atoms. The average Bonchev–Trinajstić information content (AvgIpc) is 2.31. The van der Waals surface area contributed by atoms with Crippen molar-refractivity contribution in [3.05, 3.63) is 0 Å². The van der Waals surface area contributed by atoms with E-state index in [1.807, 2.05) is 0 Å². The molecule has 78 valence electrons. The Bertz CT molecular complexity index is 175. The monoisotopic (exact) mass is 202 g/mol. The molecule has 2 heteroatoms. The minimum absolute atomic E-state index is 0.104. The number of aliphatic hydroxyl groups is 1. The summed E-state index contributed by atoms with van der Waals surface area (Å²) in [6.45, 7) is 9.30. The van der Waals surface area contributed by atoms with E-state index >= 15 is 0 Å². The van der Waals surface area contributed by atoms with Crippen molar-refractivity contribution in [1.82, 2.24) is 0 Å². The normalized spacial score (nSPS) is 27.9. The summed E-state index contributed by atoms with van der Waals surface area (Å²) in [5.41, 5.74) is 0.104. The summed E-state index contributed by atoms with van der Waals surface area (Å²) < 4.78 is 0.423. The molecule has 0 aromatic carbocycles. The maximum absolute atomic E-state index is 9.22. The molecule has 1 aliphatic heterocycles. The van der Waals surface area contributed by atoms with Gasteiger partial charge in [-0.1, -0.05) is 27.7 Å². The van der Waals surface area contributed by atoms with E-state index in [-0.39, 0.29) is 5.41 Å². The lowest BCUT2D eigenvalue weighted by atomic mass is 9.77. The molecule has 1 nitrogen and oxygen atoms in total. The molecule has 1 heterocycles. The lowest BCUT2D eigenvalue weighted by Gasteiger charge is -2.32. The molecule has 0 saturated carbocycles. The maximum Gasteiger partial charge on any atom is 0.0482 e. The number of hydrogen-bond donors (Lipinski definition) is 1. The minimum atomic E-state index is 0.104. The van der Waals surface area contributed by atoms with Crippen LogP contribution in [0.25, 0.3) is 0 Å². The third kappa shape index (κ3) is 2.88. The van der Waals surface area contributed by atoms with Gasteiger partial charge < -0.3 is 5.11 Å². The molecule has 1 fully saturated rings. The van der Waals surface area contributed by atoms with Gasteiger partial charge in [0.1, 0.15) is 0 Å². The van der Waals surface area contributed by atoms with Gasteiger partial charge in [0.25, 0.3) is 0 Å². The van der Waals surface area contributed by atoms with Gasteiger partial charge in [0.15, 0.2) is 0 Å². The van der Waals surface area contributed by atoms with E-state index in [0.29, 0.717) is 11.4 Å². The SMILES string of the molecule is CC(C)(CO)CC1CCSC1(C)C. The molecule has 1 saturated heterocycles. The fourth-order valence-electron chi connectivity index (χ4n) is 2.01. The van der Waals surface area contributed by atoms with Crippen LogP contribution in [-0.2, 0) is 0 Å². The fraction of sp³-hybridized carbons (Fsp3) is 1.00. The van der Waals surface area contributed by atoms with Crippen LogP contribution in [0.3, 0.4) is 0 Å². The summed E-state index contributed by atoms with van der Waals surface area (Å²) in [5, 5.41) is 9.22. The second kappa shape index (κ2) is 3.82. The molecular weight excluding hydrogens is 180 g/mol. The summed E-state index contributed by atoms with van der Waals surface area (Å²) in [5.74, 6) is 2.07. The number of thioether (sulfide) groups is 1. The molecule has 0 amide bonds. The van der Waals surface area contributed by atoms with Crippen LogP contribution in [0.2, 0.25) is 0 Å². The Balaban J connectivity index is 2.54. The van der Waals surface area contributed by atoms with Crippen molar-refractivity contribution in [1.29, 1.82) is 0 Å². The smallest absolute Gasteiger partial charge is 0.0482 e. The number of rotatable bonds is 3. The Morgan fingerprint density at radius 1 is 1.46 bits per heavy atom. The summed E-state index contributed by atoms with van der Waals surface area (Å²) in [4.78, 5) is 0. The Kier molecular flexibility index (Phi) is 3.34. The topological polar surface area (TPSA) is 20.2 Å². The lowest BCUT2D eigenvalue weighted by Crippen LogP contribution is -2.29. The number of aliphatic hydroxyl groups excluding tert-OH is 1. The maximum atomic E-state index is 9.22. The molecule has 0 aliphatic carbocycles. The molecule has 0 aromatic rings. The number of hydrogen-bond acceptors (Lipinski definition) is 2. The van der Waals surface area contributed by atoms with Gasteiger partial charge in [0, 0.05) is 11.4 Å². The first-order valence-electron chi connectivity index (χ1n) is 5.12. The van der Waals surface area contributed by atoms with E-state index in [0.717, 1.165) is 12.3 Å². The second-order valence-electron chi connectivity index (χ2n) is 5.46. The second-order valence-corrected chi connectivity index (χ2v) is 7.21. The van der Waals surface area contributed by atoms with Gasteiger partial charge in [0.2, 0.25) is 0 Å². The minimum Gasteiger partial charge on any atom is -0.396 e. The van der Waals surface area contributed by atoms with Gasteiger partial charge >= 0.3 is 0 Å². The zero-order valence-corrected chi connectivity index (χ0v) is 10.1. The van der Waals surface area contributed by atoms with Crippen molar-refractivity contribution in [2.24, 2.45) is 11.3 Å². The van der Waals surface area contributed by atoms with E-state index < -0.39 is 0 Å². The van der Waals surface area contributed by atoms with Crippen LogP contribution < -0.4 is 0 Å². The predicted molar refractivity (Wildman–Crippen MR) is 60.1 cm³/mol. The van der Waals surface area contributed by atoms with Crippen molar-refractivity contribution >= 4 is 11.8 Å². The van der Waals surface area contributed by atoms with E-state index in [9.17, 15) is 5.11 Å². The van der Waals surface area contributed by atoms with Crippen LogP contribution in [0.5, 0.6) is 0 Å².